The lowest BCUT2D eigenvalue weighted by molar-refractivity contribution is 0.128. The van der Waals surface area contributed by atoms with Gasteiger partial charge in [0.25, 0.3) is 0 Å². The second kappa shape index (κ2) is 3.48. The minimum absolute atomic E-state index is 0.283. The van der Waals surface area contributed by atoms with Crippen LogP contribution in [0.5, 0.6) is 0 Å². The highest BCUT2D eigenvalue weighted by molar-refractivity contribution is 5.27. The lowest BCUT2D eigenvalue weighted by Gasteiger charge is -2.37. The lowest BCUT2D eigenvalue weighted by Crippen LogP contribution is -2.47. The van der Waals surface area contributed by atoms with E-state index in [4.69, 9.17) is 5.11 Å². The van der Waals surface area contributed by atoms with Crippen LogP contribution in [-0.4, -0.2) is 18.3 Å². The molecule has 1 aromatic rings. The maximum absolute atomic E-state index is 9.05. The van der Waals surface area contributed by atoms with Gasteiger partial charge in [0.15, 0.2) is 0 Å². The van der Waals surface area contributed by atoms with Gasteiger partial charge >= 0.3 is 0 Å². The minimum Gasteiger partial charge on any atom is -0.396 e. The maximum atomic E-state index is 9.05. The molecule has 0 bridgehead atoms. The molecule has 0 saturated carbocycles. The fraction of sp³-hybridized carbons (Fsp3) is 0.455. The van der Waals surface area contributed by atoms with Gasteiger partial charge in [-0.3, -0.25) is 0 Å². The molecule has 2 nitrogen and oxygen atoms in total. The van der Waals surface area contributed by atoms with Crippen LogP contribution in [0.3, 0.4) is 0 Å². The van der Waals surface area contributed by atoms with Gasteiger partial charge < -0.3 is 10.4 Å². The first kappa shape index (κ1) is 8.73. The molecule has 1 aliphatic heterocycles. The number of hydrogen-bond acceptors (Lipinski definition) is 2. The first-order valence-corrected chi connectivity index (χ1v) is 4.72. The topological polar surface area (TPSA) is 32.3 Å². The average molecular weight is 177 g/mol. The Morgan fingerprint density at radius 2 is 2.38 bits per heavy atom. The molecule has 0 aliphatic carbocycles. The third-order valence-electron chi connectivity index (χ3n) is 2.71. The van der Waals surface area contributed by atoms with Crippen molar-refractivity contribution >= 4 is 0 Å². The van der Waals surface area contributed by atoms with Gasteiger partial charge in [0.05, 0.1) is 0 Å². The number of aryl methyl sites for hydroxylation is 1. The smallest absolute Gasteiger partial charge is 0.0489 e. The molecule has 13 heavy (non-hydrogen) atoms. The molecule has 70 valence electrons. The Morgan fingerprint density at radius 3 is 2.92 bits per heavy atom. The van der Waals surface area contributed by atoms with Gasteiger partial charge in [0, 0.05) is 25.1 Å². The summed E-state index contributed by atoms with van der Waals surface area (Å²) in [6.07, 6.45) is 0. The molecule has 0 amide bonds. The van der Waals surface area contributed by atoms with Crippen molar-refractivity contribution in [2.75, 3.05) is 13.2 Å². The largest absolute Gasteiger partial charge is 0.396 e. The van der Waals surface area contributed by atoms with Gasteiger partial charge in [-0.15, -0.1) is 0 Å². The summed E-state index contributed by atoms with van der Waals surface area (Å²) in [6, 6.07) is 8.83. The van der Waals surface area contributed by atoms with Crippen molar-refractivity contribution in [2.45, 2.75) is 13.0 Å². The van der Waals surface area contributed by atoms with Crippen LogP contribution in [0.2, 0.25) is 0 Å². The summed E-state index contributed by atoms with van der Waals surface area (Å²) >= 11 is 0. The van der Waals surface area contributed by atoms with Gasteiger partial charge in [-0.05, 0) is 12.5 Å². The zero-order valence-corrected chi connectivity index (χ0v) is 7.83. The molecule has 1 fully saturated rings. The standard InChI is InChI=1S/C11H15NO/c1-8-3-2-4-9(5-8)11-10(7-13)6-12-11/h2-5,10-13H,6-7H2,1H3. The second-order valence-electron chi connectivity index (χ2n) is 3.74. The van der Waals surface area contributed by atoms with Crippen LogP contribution >= 0.6 is 0 Å². The summed E-state index contributed by atoms with van der Waals surface area (Å²) in [6.45, 7) is 3.32. The van der Waals surface area contributed by atoms with Crippen LogP contribution in [0, 0.1) is 12.8 Å². The SMILES string of the molecule is Cc1cccc(C2NCC2CO)c1. The molecule has 2 rings (SSSR count). The van der Waals surface area contributed by atoms with Crippen molar-refractivity contribution in [3.63, 3.8) is 0 Å². The van der Waals surface area contributed by atoms with Gasteiger partial charge in [-0.25, -0.2) is 0 Å². The van der Waals surface area contributed by atoms with Crippen molar-refractivity contribution in [1.29, 1.82) is 0 Å². The number of benzene rings is 1. The zero-order valence-electron chi connectivity index (χ0n) is 7.83. The summed E-state index contributed by atoms with van der Waals surface area (Å²) in [7, 11) is 0. The molecule has 2 N–H and O–H groups in total. The van der Waals surface area contributed by atoms with E-state index in [0.29, 0.717) is 12.0 Å². The highest BCUT2D eigenvalue weighted by Gasteiger charge is 2.30. The number of hydrogen-bond donors (Lipinski definition) is 2. The fourth-order valence-electron chi connectivity index (χ4n) is 1.83. The van der Waals surface area contributed by atoms with E-state index in [1.165, 1.54) is 11.1 Å². The van der Waals surface area contributed by atoms with Crippen molar-refractivity contribution in [3.8, 4) is 0 Å². The summed E-state index contributed by atoms with van der Waals surface area (Å²) < 4.78 is 0. The van der Waals surface area contributed by atoms with Crippen molar-refractivity contribution < 1.29 is 5.11 Å². The Labute approximate surface area is 78.6 Å². The molecule has 1 saturated heterocycles. The van der Waals surface area contributed by atoms with E-state index in [9.17, 15) is 0 Å². The number of nitrogens with one attached hydrogen (secondary N) is 1. The molecule has 2 heteroatoms. The van der Waals surface area contributed by atoms with Crippen LogP contribution in [0.1, 0.15) is 17.2 Å². The number of aliphatic hydroxyl groups is 1. The molecule has 0 spiro atoms. The first-order chi connectivity index (χ1) is 6.31. The van der Waals surface area contributed by atoms with Crippen LogP contribution < -0.4 is 5.32 Å². The quantitative estimate of drug-likeness (QED) is 0.712. The maximum Gasteiger partial charge on any atom is 0.0489 e. The Balaban J connectivity index is 2.16. The highest BCUT2D eigenvalue weighted by atomic mass is 16.3. The Bertz CT molecular complexity index is 296. The third kappa shape index (κ3) is 1.60. The van der Waals surface area contributed by atoms with Gasteiger partial charge in [0.2, 0.25) is 0 Å². The lowest BCUT2D eigenvalue weighted by atomic mass is 9.86. The van der Waals surface area contributed by atoms with E-state index in [0.717, 1.165) is 6.54 Å². The molecule has 0 aromatic heterocycles. The van der Waals surface area contributed by atoms with Gasteiger partial charge in [0.1, 0.15) is 0 Å². The predicted molar refractivity (Wildman–Crippen MR) is 52.5 cm³/mol. The predicted octanol–water partition coefficient (Wildman–Crippen LogP) is 1.25. The summed E-state index contributed by atoms with van der Waals surface area (Å²) in [4.78, 5) is 0. The van der Waals surface area contributed by atoms with Crippen LogP contribution in [0.25, 0.3) is 0 Å². The Hall–Kier alpha value is -0.860. The molecule has 0 radical (unpaired) electrons. The van der Waals surface area contributed by atoms with E-state index in [1.54, 1.807) is 0 Å². The van der Waals surface area contributed by atoms with Gasteiger partial charge in [-0.1, -0.05) is 29.8 Å². The summed E-state index contributed by atoms with van der Waals surface area (Å²) in [5.74, 6) is 0.404. The van der Waals surface area contributed by atoms with E-state index in [-0.39, 0.29) is 6.61 Å². The van der Waals surface area contributed by atoms with Crippen molar-refractivity contribution in [1.82, 2.24) is 5.32 Å². The zero-order chi connectivity index (χ0) is 9.26. The van der Waals surface area contributed by atoms with Crippen LogP contribution in [0.4, 0.5) is 0 Å². The number of rotatable bonds is 2. The van der Waals surface area contributed by atoms with Crippen molar-refractivity contribution in [2.24, 2.45) is 5.92 Å². The Morgan fingerprint density at radius 1 is 1.54 bits per heavy atom. The molecular formula is C11H15NO. The average Bonchev–Trinajstić information content (AvgIpc) is 2.03. The van der Waals surface area contributed by atoms with E-state index >= 15 is 0 Å². The number of aliphatic hydroxyl groups excluding tert-OH is 1. The summed E-state index contributed by atoms with van der Waals surface area (Å²) in [5.41, 5.74) is 2.58. The third-order valence-corrected chi connectivity index (χ3v) is 2.71. The molecule has 1 heterocycles. The molecule has 1 aromatic carbocycles. The van der Waals surface area contributed by atoms with E-state index in [2.05, 4.69) is 36.5 Å². The molecule has 1 aliphatic rings. The molecular weight excluding hydrogens is 162 g/mol. The van der Waals surface area contributed by atoms with Gasteiger partial charge in [-0.2, -0.15) is 0 Å². The minimum atomic E-state index is 0.283. The van der Waals surface area contributed by atoms with E-state index < -0.39 is 0 Å². The second-order valence-corrected chi connectivity index (χ2v) is 3.74. The van der Waals surface area contributed by atoms with Crippen LogP contribution in [-0.2, 0) is 0 Å². The molecule has 2 atom stereocenters. The normalized spacial score (nSPS) is 26.9. The summed E-state index contributed by atoms with van der Waals surface area (Å²) in [5, 5.41) is 12.4. The monoisotopic (exact) mass is 177 g/mol. The van der Waals surface area contributed by atoms with E-state index in [1.807, 2.05) is 0 Å². The highest BCUT2D eigenvalue weighted by Crippen LogP contribution is 2.28. The fourth-order valence-corrected chi connectivity index (χ4v) is 1.83. The van der Waals surface area contributed by atoms with Crippen molar-refractivity contribution in [3.05, 3.63) is 35.4 Å². The first-order valence-electron chi connectivity index (χ1n) is 4.72. The van der Waals surface area contributed by atoms with Crippen LogP contribution in [0.15, 0.2) is 24.3 Å². The molecule has 2 unspecified atom stereocenters. The Kier molecular flexibility index (Phi) is 2.34.